The molecule has 3 rings (SSSR count). The number of amides is 1. The Balaban J connectivity index is 1.55. The van der Waals surface area contributed by atoms with E-state index in [2.05, 4.69) is 15.5 Å². The Hall–Kier alpha value is -3.46. The van der Waals surface area contributed by atoms with Crippen LogP contribution in [0.5, 0.6) is 0 Å². The first-order valence-electron chi connectivity index (χ1n) is 7.78. The van der Waals surface area contributed by atoms with Gasteiger partial charge in [0.15, 0.2) is 0 Å². The maximum absolute atomic E-state index is 13.0. The lowest BCUT2D eigenvalue weighted by Crippen LogP contribution is -2.19. The first-order valence-corrected chi connectivity index (χ1v) is 8.66. The largest absolute Gasteiger partial charge is 0.273 e. The van der Waals surface area contributed by atoms with Crippen LogP contribution >= 0.6 is 11.3 Å². The number of nitro benzene ring substituents is 1. The van der Waals surface area contributed by atoms with Crippen LogP contribution in [0, 0.1) is 15.9 Å². The zero-order chi connectivity index (χ0) is 19.2. The molecule has 1 N–H and O–H groups in total. The second kappa shape index (κ2) is 8.28. The molecule has 0 unspecified atom stereocenters. The van der Waals surface area contributed by atoms with E-state index in [4.69, 9.17) is 0 Å². The van der Waals surface area contributed by atoms with Crippen LogP contribution in [0.2, 0.25) is 0 Å². The van der Waals surface area contributed by atoms with Gasteiger partial charge in [0.1, 0.15) is 10.8 Å². The Kier molecular flexibility index (Phi) is 5.62. The average Bonchev–Trinajstić information content (AvgIpc) is 3.11. The third kappa shape index (κ3) is 5.02. The lowest BCUT2D eigenvalue weighted by Gasteiger charge is -1.98. The van der Waals surface area contributed by atoms with Gasteiger partial charge in [0.25, 0.3) is 5.69 Å². The molecule has 27 heavy (non-hydrogen) atoms. The quantitative estimate of drug-likeness (QED) is 0.399. The summed E-state index contributed by atoms with van der Waals surface area (Å²) in [5.74, 6) is -0.662. The standard InChI is InChI=1S/C18H13FN4O3S/c19-14-5-3-13(4-6-14)18-21-15(11-27-18)9-17(24)22-20-10-12-1-7-16(8-2-12)23(25)26/h1-8,10-11H,9H2,(H,22,24)/b20-10-. The van der Waals surface area contributed by atoms with Gasteiger partial charge in [-0.05, 0) is 42.0 Å². The van der Waals surface area contributed by atoms with E-state index in [-0.39, 0.29) is 23.8 Å². The molecule has 0 aliphatic rings. The molecule has 0 saturated carbocycles. The first-order chi connectivity index (χ1) is 13.0. The fraction of sp³-hybridized carbons (Fsp3) is 0.0556. The van der Waals surface area contributed by atoms with Crippen molar-refractivity contribution in [2.45, 2.75) is 6.42 Å². The van der Waals surface area contributed by atoms with Gasteiger partial charge in [0, 0.05) is 23.1 Å². The second-order valence-corrected chi connectivity index (χ2v) is 6.33. The topological polar surface area (TPSA) is 97.5 Å². The third-order valence-electron chi connectivity index (χ3n) is 3.49. The normalized spacial score (nSPS) is 10.9. The summed E-state index contributed by atoms with van der Waals surface area (Å²) >= 11 is 1.37. The smallest absolute Gasteiger partial charge is 0.269 e. The van der Waals surface area contributed by atoms with Crippen molar-refractivity contribution < 1.29 is 14.1 Å². The molecule has 0 fully saturated rings. The molecule has 0 saturated heterocycles. The SMILES string of the molecule is O=C(Cc1csc(-c2ccc(F)cc2)n1)N/N=C\c1ccc([N+](=O)[O-])cc1. The van der Waals surface area contributed by atoms with Gasteiger partial charge in [0.2, 0.25) is 5.91 Å². The van der Waals surface area contributed by atoms with Crippen molar-refractivity contribution in [2.75, 3.05) is 0 Å². The predicted octanol–water partition coefficient (Wildman–Crippen LogP) is 3.55. The van der Waals surface area contributed by atoms with Gasteiger partial charge >= 0.3 is 0 Å². The van der Waals surface area contributed by atoms with E-state index < -0.39 is 4.92 Å². The van der Waals surface area contributed by atoms with Crippen LogP contribution in [0.3, 0.4) is 0 Å². The number of nitro groups is 1. The summed E-state index contributed by atoms with van der Waals surface area (Å²) in [6.07, 6.45) is 1.45. The van der Waals surface area contributed by atoms with Crippen LogP contribution in [-0.4, -0.2) is 22.0 Å². The predicted molar refractivity (Wildman–Crippen MR) is 100 cm³/mol. The number of non-ortho nitro benzene ring substituents is 1. The summed E-state index contributed by atoms with van der Waals surface area (Å²) in [6, 6.07) is 11.8. The summed E-state index contributed by atoms with van der Waals surface area (Å²) in [6.45, 7) is 0. The van der Waals surface area contributed by atoms with Gasteiger partial charge in [0.05, 0.1) is 23.3 Å². The Labute approximate surface area is 157 Å². The molecule has 0 aliphatic carbocycles. The number of hydrogen-bond acceptors (Lipinski definition) is 6. The van der Waals surface area contributed by atoms with Gasteiger partial charge in [-0.15, -0.1) is 11.3 Å². The third-order valence-corrected chi connectivity index (χ3v) is 4.43. The number of hydrogen-bond donors (Lipinski definition) is 1. The molecule has 0 aliphatic heterocycles. The van der Waals surface area contributed by atoms with E-state index >= 15 is 0 Å². The first kappa shape index (κ1) is 18.3. The lowest BCUT2D eigenvalue weighted by molar-refractivity contribution is -0.384. The second-order valence-electron chi connectivity index (χ2n) is 5.47. The molecule has 9 heteroatoms. The Bertz CT molecular complexity index is 985. The molecule has 3 aromatic rings. The zero-order valence-electron chi connectivity index (χ0n) is 13.8. The van der Waals surface area contributed by atoms with Crippen LogP contribution in [0.1, 0.15) is 11.3 Å². The number of nitrogens with zero attached hydrogens (tertiary/aromatic N) is 3. The summed E-state index contributed by atoms with van der Waals surface area (Å²) in [4.78, 5) is 26.4. The molecule has 1 amide bonds. The minimum absolute atomic E-state index is 0.0170. The molecule has 0 bridgehead atoms. The van der Waals surface area contributed by atoms with Crippen molar-refractivity contribution in [3.8, 4) is 10.6 Å². The molecule has 0 spiro atoms. The highest BCUT2D eigenvalue weighted by atomic mass is 32.1. The van der Waals surface area contributed by atoms with Gasteiger partial charge in [-0.1, -0.05) is 0 Å². The van der Waals surface area contributed by atoms with Crippen molar-refractivity contribution >= 4 is 29.1 Å². The van der Waals surface area contributed by atoms with Crippen molar-refractivity contribution in [1.82, 2.24) is 10.4 Å². The highest BCUT2D eigenvalue weighted by Gasteiger charge is 2.09. The summed E-state index contributed by atoms with van der Waals surface area (Å²) in [7, 11) is 0. The van der Waals surface area contributed by atoms with Gasteiger partial charge in [-0.2, -0.15) is 5.10 Å². The highest BCUT2D eigenvalue weighted by Crippen LogP contribution is 2.24. The van der Waals surface area contributed by atoms with Crippen LogP contribution in [0.4, 0.5) is 10.1 Å². The molecular formula is C18H13FN4O3S. The average molecular weight is 384 g/mol. The summed E-state index contributed by atoms with van der Waals surface area (Å²) < 4.78 is 13.0. The number of rotatable bonds is 6. The molecule has 0 atom stereocenters. The molecule has 136 valence electrons. The minimum Gasteiger partial charge on any atom is -0.273 e. The molecule has 7 nitrogen and oxygen atoms in total. The number of hydrazone groups is 1. The number of halogens is 1. The van der Waals surface area contributed by atoms with E-state index in [0.29, 0.717) is 16.3 Å². The Morgan fingerprint density at radius 3 is 2.59 bits per heavy atom. The van der Waals surface area contributed by atoms with Crippen LogP contribution < -0.4 is 5.43 Å². The molecule has 1 aromatic heterocycles. The number of carbonyl (C=O) groups excluding carboxylic acids is 1. The van der Waals surface area contributed by atoms with Gasteiger partial charge in [-0.3, -0.25) is 14.9 Å². The fourth-order valence-corrected chi connectivity index (χ4v) is 3.00. The Morgan fingerprint density at radius 1 is 1.22 bits per heavy atom. The number of benzene rings is 2. The van der Waals surface area contributed by atoms with E-state index in [0.717, 1.165) is 5.56 Å². The van der Waals surface area contributed by atoms with Crippen LogP contribution in [0.15, 0.2) is 59.0 Å². The maximum atomic E-state index is 13.0. The Morgan fingerprint density at radius 2 is 1.93 bits per heavy atom. The van der Waals surface area contributed by atoms with Crippen molar-refractivity contribution in [2.24, 2.45) is 5.10 Å². The van der Waals surface area contributed by atoms with E-state index in [1.165, 1.54) is 53.9 Å². The van der Waals surface area contributed by atoms with Crippen LogP contribution in [-0.2, 0) is 11.2 Å². The van der Waals surface area contributed by atoms with E-state index in [9.17, 15) is 19.3 Å². The van der Waals surface area contributed by atoms with Crippen LogP contribution in [0.25, 0.3) is 10.6 Å². The number of thiazole rings is 1. The summed E-state index contributed by atoms with van der Waals surface area (Å²) in [5, 5.41) is 16.9. The maximum Gasteiger partial charge on any atom is 0.269 e. The fourth-order valence-electron chi connectivity index (χ4n) is 2.18. The monoisotopic (exact) mass is 384 g/mol. The number of nitrogens with one attached hydrogen (secondary N) is 1. The molecule has 2 aromatic carbocycles. The number of aromatic nitrogens is 1. The van der Waals surface area contributed by atoms with Crippen molar-refractivity contribution in [3.05, 3.63) is 81.1 Å². The molecular weight excluding hydrogens is 371 g/mol. The van der Waals surface area contributed by atoms with E-state index in [1.807, 2.05) is 0 Å². The lowest BCUT2D eigenvalue weighted by atomic mass is 10.2. The molecule has 1 heterocycles. The number of carbonyl (C=O) groups is 1. The van der Waals surface area contributed by atoms with Crippen molar-refractivity contribution in [3.63, 3.8) is 0 Å². The van der Waals surface area contributed by atoms with Gasteiger partial charge in [-0.25, -0.2) is 14.8 Å². The van der Waals surface area contributed by atoms with Crippen molar-refractivity contribution in [1.29, 1.82) is 0 Å². The zero-order valence-corrected chi connectivity index (χ0v) is 14.6. The minimum atomic E-state index is -0.489. The van der Waals surface area contributed by atoms with Gasteiger partial charge < -0.3 is 0 Å². The van der Waals surface area contributed by atoms with E-state index in [1.54, 1.807) is 17.5 Å². The molecule has 0 radical (unpaired) electrons. The highest BCUT2D eigenvalue weighted by molar-refractivity contribution is 7.13. The summed E-state index contributed by atoms with van der Waals surface area (Å²) in [5.41, 5.74) is 4.35.